The Morgan fingerprint density at radius 1 is 0.906 bits per heavy atom. The minimum Gasteiger partial charge on any atom is -0.497 e. The molecule has 1 saturated heterocycles. The van der Waals surface area contributed by atoms with Crippen LogP contribution in [-0.4, -0.2) is 91.6 Å². The number of nitrogens with zero attached hydrogens (tertiary/aromatic N) is 7. The Hall–Kier alpha value is -5.85. The molecule has 4 aromatic carbocycles. The van der Waals surface area contributed by atoms with E-state index in [-0.39, 0.29) is 54.8 Å². The third kappa shape index (κ3) is 9.08. The van der Waals surface area contributed by atoms with Crippen LogP contribution >= 0.6 is 8.53 Å². The number of anilines is 1. The number of halogens is 1. The van der Waals surface area contributed by atoms with Gasteiger partial charge >= 0.3 is 0 Å². The lowest BCUT2D eigenvalue weighted by Gasteiger charge is -2.45. The van der Waals surface area contributed by atoms with Gasteiger partial charge in [0.2, 0.25) is 0 Å². The molecule has 64 heavy (non-hydrogen) atoms. The second kappa shape index (κ2) is 19.9. The van der Waals surface area contributed by atoms with Crippen LogP contribution in [0.25, 0.3) is 11.2 Å². The van der Waals surface area contributed by atoms with Gasteiger partial charge in [-0.2, -0.15) is 5.26 Å². The number of hydrogen-bond acceptors (Lipinski definition) is 12. The highest BCUT2D eigenvalue weighted by atomic mass is 31.2. The van der Waals surface area contributed by atoms with Crippen molar-refractivity contribution in [3.8, 4) is 17.6 Å². The number of imidazole rings is 1. The number of methoxy groups -OCH3 is 2. The van der Waals surface area contributed by atoms with Crippen LogP contribution in [0.4, 0.5) is 10.2 Å². The molecule has 16 heteroatoms. The number of hydrogen-bond donors (Lipinski definition) is 2. The van der Waals surface area contributed by atoms with Crippen molar-refractivity contribution in [1.29, 1.82) is 5.26 Å². The first-order valence-corrected chi connectivity index (χ1v) is 22.2. The van der Waals surface area contributed by atoms with E-state index >= 15 is 4.39 Å². The molecule has 6 aromatic rings. The van der Waals surface area contributed by atoms with Crippen molar-refractivity contribution in [3.05, 3.63) is 144 Å². The van der Waals surface area contributed by atoms with E-state index in [4.69, 9.17) is 18.9 Å². The summed E-state index contributed by atoms with van der Waals surface area (Å²) in [6.45, 7) is 5.36. The monoisotopic (exact) mass is 889 g/mol. The second-order valence-electron chi connectivity index (χ2n) is 16.3. The predicted molar refractivity (Wildman–Crippen MR) is 241 cm³/mol. The van der Waals surface area contributed by atoms with E-state index in [0.717, 1.165) is 16.7 Å². The van der Waals surface area contributed by atoms with Gasteiger partial charge in [-0.3, -0.25) is 14.3 Å². The molecule has 3 heterocycles. The average Bonchev–Trinajstić information content (AvgIpc) is 3.88. The van der Waals surface area contributed by atoms with Crippen molar-refractivity contribution in [2.24, 2.45) is 5.92 Å². The second-order valence-corrected chi connectivity index (χ2v) is 17.3. The first-order chi connectivity index (χ1) is 30.9. The van der Waals surface area contributed by atoms with Gasteiger partial charge in [0.05, 0.1) is 39.3 Å². The molecule has 2 N–H and O–H groups in total. The summed E-state index contributed by atoms with van der Waals surface area (Å²) in [5.74, 6) is 0.285. The molecule has 0 spiro atoms. The fourth-order valence-electron chi connectivity index (χ4n) is 9.01. The van der Waals surface area contributed by atoms with Crippen molar-refractivity contribution in [2.75, 3.05) is 32.8 Å². The first kappa shape index (κ1) is 46.2. The summed E-state index contributed by atoms with van der Waals surface area (Å²) in [6.07, 6.45) is -0.852. The van der Waals surface area contributed by atoms with E-state index in [1.807, 2.05) is 106 Å². The van der Waals surface area contributed by atoms with Crippen LogP contribution < -0.4 is 14.4 Å². The lowest BCUT2D eigenvalue weighted by atomic mass is 9.79. The highest BCUT2D eigenvalue weighted by Gasteiger charge is 2.52. The maximum absolute atomic E-state index is 17.9. The number of aromatic nitrogens is 4. The topological polar surface area (TPSA) is 168 Å². The van der Waals surface area contributed by atoms with Crippen LogP contribution in [0.1, 0.15) is 73.3 Å². The van der Waals surface area contributed by atoms with Gasteiger partial charge in [0.1, 0.15) is 23.4 Å². The maximum Gasteiger partial charge on any atom is 0.259 e. The molecule has 334 valence electrons. The number of ether oxygens (including phenoxy) is 4. The highest BCUT2D eigenvalue weighted by Crippen LogP contribution is 2.50. The zero-order valence-corrected chi connectivity index (χ0v) is 37.5. The standard InChI is InChI=1S/C48H53FN7O7P/c1-32(2)56(64(58)59)47(3,26-13-27-50)28-39-40(63-46(41(39)49)55-31-53-42-43(51-30-52-44(42)55)54(4)45(57)33-14-9-7-10-15-33)29-62-48(34-16-11-8-12-17-34,35-18-22-37(60-5)23-19-35)36-20-24-38(61-6)25-21-36/h7-12,14-25,30-32,39-41,46,58-59H,13,26,28-29H2,1-6H3/t39-,40+,41-,46-,47?/m1/s1. The molecule has 5 atom stereocenters. The average molecular weight is 890 g/mol. The number of carbonyl (C=O) groups excluding carboxylic acids is 1. The molecule has 1 aliphatic rings. The summed E-state index contributed by atoms with van der Waals surface area (Å²) < 4.78 is 46.2. The van der Waals surface area contributed by atoms with E-state index in [2.05, 4.69) is 21.0 Å². The van der Waals surface area contributed by atoms with Crippen molar-refractivity contribution < 1.29 is 37.9 Å². The molecule has 0 bridgehead atoms. The maximum atomic E-state index is 17.9. The quantitative estimate of drug-likeness (QED) is 0.0626. The molecule has 0 radical (unpaired) electrons. The largest absolute Gasteiger partial charge is 0.497 e. The minimum atomic E-state index is -2.64. The molecule has 2 aromatic heterocycles. The highest BCUT2D eigenvalue weighted by molar-refractivity contribution is 7.42. The van der Waals surface area contributed by atoms with Crippen molar-refractivity contribution in [2.45, 2.75) is 75.7 Å². The van der Waals surface area contributed by atoms with Gasteiger partial charge in [-0.25, -0.2) is 24.0 Å². The van der Waals surface area contributed by atoms with Crippen LogP contribution in [0.5, 0.6) is 11.5 Å². The van der Waals surface area contributed by atoms with E-state index in [9.17, 15) is 19.8 Å². The molecule has 7 rings (SSSR count). The van der Waals surface area contributed by atoms with Crippen molar-refractivity contribution in [1.82, 2.24) is 24.2 Å². The van der Waals surface area contributed by atoms with Gasteiger partial charge in [-0.15, -0.1) is 0 Å². The van der Waals surface area contributed by atoms with Crippen LogP contribution in [0.15, 0.2) is 122 Å². The molecule has 1 fully saturated rings. The summed E-state index contributed by atoms with van der Waals surface area (Å²) in [5, 5.41) is 9.78. The Labute approximate surface area is 373 Å². The van der Waals surface area contributed by atoms with Gasteiger partial charge in [0, 0.05) is 36.5 Å². The van der Waals surface area contributed by atoms with E-state index in [1.54, 1.807) is 50.2 Å². The Balaban J connectivity index is 1.34. The fraction of sp³-hybridized carbons (Fsp3) is 0.354. The zero-order valence-electron chi connectivity index (χ0n) is 36.7. The summed E-state index contributed by atoms with van der Waals surface area (Å²) in [6, 6.07) is 35.5. The molecule has 14 nitrogen and oxygen atoms in total. The third-order valence-corrected chi connectivity index (χ3v) is 13.4. The molecular formula is C48H53FN7O7P. The summed E-state index contributed by atoms with van der Waals surface area (Å²) in [7, 11) is 2.15. The smallest absolute Gasteiger partial charge is 0.259 e. The zero-order chi connectivity index (χ0) is 45.6. The summed E-state index contributed by atoms with van der Waals surface area (Å²) in [4.78, 5) is 50.1. The normalized spacial score (nSPS) is 18.6. The molecule has 1 amide bonds. The fourth-order valence-corrected chi connectivity index (χ4v) is 10.0. The molecule has 0 aliphatic carbocycles. The van der Waals surface area contributed by atoms with Crippen LogP contribution in [0.2, 0.25) is 0 Å². The number of nitriles is 1. The van der Waals surface area contributed by atoms with E-state index < -0.39 is 44.1 Å². The summed E-state index contributed by atoms with van der Waals surface area (Å²) in [5.41, 5.74) is 0.944. The lowest BCUT2D eigenvalue weighted by Crippen LogP contribution is -2.50. The number of fused-ring (bicyclic) bond motifs is 1. The number of benzene rings is 4. The van der Waals surface area contributed by atoms with Gasteiger partial charge in [0.15, 0.2) is 29.4 Å². The van der Waals surface area contributed by atoms with E-state index in [1.165, 1.54) is 22.1 Å². The lowest BCUT2D eigenvalue weighted by molar-refractivity contribution is -0.0879. The molecule has 1 aliphatic heterocycles. The van der Waals surface area contributed by atoms with Crippen LogP contribution in [-0.2, 0) is 15.1 Å². The molecule has 1 unspecified atom stereocenters. The number of carbonyl (C=O) groups is 1. The predicted octanol–water partition coefficient (Wildman–Crippen LogP) is 8.35. The number of alkyl halides is 1. The van der Waals surface area contributed by atoms with Gasteiger partial charge in [-0.1, -0.05) is 72.8 Å². The van der Waals surface area contributed by atoms with Crippen LogP contribution in [0, 0.1) is 17.2 Å². The van der Waals surface area contributed by atoms with Crippen LogP contribution in [0.3, 0.4) is 0 Å². The SMILES string of the molecule is COc1ccc(C(OC[C@@H]2O[C@@H](n3cnc4c(N(C)C(=O)c5ccccc5)ncnc43)[C@H](F)[C@@H]2CC(C)(CCC#N)N(C(C)C)P(O)O)(c2ccccc2)c2ccc(OC)cc2)cc1. The Morgan fingerprint density at radius 2 is 1.48 bits per heavy atom. The number of rotatable bonds is 18. The molecular weight excluding hydrogens is 837 g/mol. The van der Waals surface area contributed by atoms with E-state index in [0.29, 0.717) is 17.1 Å². The Morgan fingerprint density at radius 3 is 2.03 bits per heavy atom. The number of amides is 1. The van der Waals surface area contributed by atoms with Crippen molar-refractivity contribution in [3.63, 3.8) is 0 Å². The minimum absolute atomic E-state index is 0.0586. The van der Waals surface area contributed by atoms with Crippen molar-refractivity contribution >= 4 is 31.4 Å². The van der Waals surface area contributed by atoms with Gasteiger partial charge < -0.3 is 28.7 Å². The summed E-state index contributed by atoms with van der Waals surface area (Å²) >= 11 is 0. The molecule has 0 saturated carbocycles. The van der Waals surface area contributed by atoms with Gasteiger partial charge in [0.25, 0.3) is 14.4 Å². The third-order valence-electron chi connectivity index (χ3n) is 12.1. The first-order valence-electron chi connectivity index (χ1n) is 21.0. The Kier molecular flexibility index (Phi) is 14.4. The Bertz CT molecular complexity index is 2470. The van der Waals surface area contributed by atoms with Gasteiger partial charge in [-0.05, 0) is 86.7 Å².